The molecule has 2 saturated heterocycles. The fourth-order valence-corrected chi connectivity index (χ4v) is 2.92. The SMILES string of the molecule is Cn1nc(C(F)(F)F)cc1C1CC2CCC1O2. The third kappa shape index (κ3) is 1.74. The highest BCUT2D eigenvalue weighted by atomic mass is 19.4. The van der Waals surface area contributed by atoms with Gasteiger partial charge in [-0.25, -0.2) is 0 Å². The van der Waals surface area contributed by atoms with Crippen molar-refractivity contribution in [3.8, 4) is 0 Å². The Hall–Kier alpha value is -1.04. The fraction of sp³-hybridized carbons (Fsp3) is 0.727. The van der Waals surface area contributed by atoms with Gasteiger partial charge in [-0.15, -0.1) is 0 Å². The number of rotatable bonds is 1. The van der Waals surface area contributed by atoms with Crippen LogP contribution >= 0.6 is 0 Å². The van der Waals surface area contributed by atoms with Gasteiger partial charge in [-0.1, -0.05) is 0 Å². The molecule has 1 aromatic rings. The Morgan fingerprint density at radius 2 is 2.18 bits per heavy atom. The third-order valence-corrected chi connectivity index (χ3v) is 3.69. The fourth-order valence-electron chi connectivity index (χ4n) is 2.92. The van der Waals surface area contributed by atoms with Crippen LogP contribution in [0.5, 0.6) is 0 Å². The van der Waals surface area contributed by atoms with Gasteiger partial charge in [0.25, 0.3) is 0 Å². The van der Waals surface area contributed by atoms with Crippen molar-refractivity contribution in [2.45, 2.75) is 43.6 Å². The van der Waals surface area contributed by atoms with Crippen molar-refractivity contribution in [3.63, 3.8) is 0 Å². The zero-order valence-corrected chi connectivity index (χ0v) is 9.37. The van der Waals surface area contributed by atoms with E-state index in [0.29, 0.717) is 5.69 Å². The average Bonchev–Trinajstić information content (AvgIpc) is 2.88. The topological polar surface area (TPSA) is 27.1 Å². The smallest absolute Gasteiger partial charge is 0.374 e. The summed E-state index contributed by atoms with van der Waals surface area (Å²) in [4.78, 5) is 0. The highest BCUT2D eigenvalue weighted by molar-refractivity contribution is 5.20. The van der Waals surface area contributed by atoms with E-state index in [1.165, 1.54) is 4.68 Å². The van der Waals surface area contributed by atoms with E-state index < -0.39 is 11.9 Å². The molecule has 2 bridgehead atoms. The first-order valence-electron chi connectivity index (χ1n) is 5.72. The summed E-state index contributed by atoms with van der Waals surface area (Å²) in [6, 6.07) is 1.16. The molecular weight excluding hydrogens is 233 g/mol. The zero-order valence-electron chi connectivity index (χ0n) is 9.37. The van der Waals surface area contributed by atoms with Gasteiger partial charge < -0.3 is 4.74 Å². The van der Waals surface area contributed by atoms with Crippen LogP contribution in [-0.2, 0) is 18.0 Å². The first kappa shape index (κ1) is 11.1. The number of halogens is 3. The van der Waals surface area contributed by atoms with E-state index >= 15 is 0 Å². The molecule has 2 aliphatic rings. The van der Waals surface area contributed by atoms with Gasteiger partial charge in [0, 0.05) is 18.7 Å². The van der Waals surface area contributed by atoms with Crippen LogP contribution in [0.4, 0.5) is 13.2 Å². The second-order valence-electron chi connectivity index (χ2n) is 4.79. The quantitative estimate of drug-likeness (QED) is 0.761. The third-order valence-electron chi connectivity index (χ3n) is 3.69. The minimum atomic E-state index is -4.37. The number of nitrogens with zero attached hydrogens (tertiary/aromatic N) is 2. The van der Waals surface area contributed by atoms with Crippen molar-refractivity contribution in [2.75, 3.05) is 0 Å². The molecule has 3 heterocycles. The molecule has 3 rings (SSSR count). The Bertz CT molecular complexity index is 440. The monoisotopic (exact) mass is 246 g/mol. The number of alkyl halides is 3. The van der Waals surface area contributed by atoms with Crippen LogP contribution in [0.2, 0.25) is 0 Å². The molecule has 3 nitrogen and oxygen atoms in total. The second-order valence-corrected chi connectivity index (χ2v) is 4.79. The standard InChI is InChI=1S/C11H13F3N2O/c1-16-8(5-10(15-16)11(12,13)14)7-4-6-2-3-9(7)17-6/h5-7,9H,2-4H2,1H3. The van der Waals surface area contributed by atoms with Crippen molar-refractivity contribution in [1.82, 2.24) is 9.78 Å². The maximum atomic E-state index is 12.5. The van der Waals surface area contributed by atoms with Crippen LogP contribution in [0.1, 0.15) is 36.6 Å². The minimum Gasteiger partial charge on any atom is -0.374 e. The molecule has 0 radical (unpaired) electrons. The van der Waals surface area contributed by atoms with E-state index in [0.717, 1.165) is 25.3 Å². The predicted octanol–water partition coefficient (Wildman–Crippen LogP) is 2.47. The summed E-state index contributed by atoms with van der Waals surface area (Å²) in [7, 11) is 1.57. The molecule has 94 valence electrons. The average molecular weight is 246 g/mol. The van der Waals surface area contributed by atoms with Crippen LogP contribution in [0.3, 0.4) is 0 Å². The summed E-state index contributed by atoms with van der Waals surface area (Å²) in [5, 5.41) is 3.55. The molecule has 0 amide bonds. The van der Waals surface area contributed by atoms with Crippen LogP contribution in [-0.4, -0.2) is 22.0 Å². The maximum absolute atomic E-state index is 12.5. The Morgan fingerprint density at radius 1 is 1.41 bits per heavy atom. The Labute approximate surface area is 96.6 Å². The summed E-state index contributed by atoms with van der Waals surface area (Å²) in [5.41, 5.74) is -0.165. The normalized spacial score (nSPS) is 32.4. The molecule has 0 N–H and O–H groups in total. The second kappa shape index (κ2) is 3.48. The molecule has 1 aromatic heterocycles. The first-order chi connectivity index (χ1) is 7.95. The van der Waals surface area contributed by atoms with Gasteiger partial charge in [0.05, 0.1) is 12.2 Å². The Morgan fingerprint density at radius 3 is 2.65 bits per heavy atom. The zero-order chi connectivity index (χ0) is 12.2. The largest absolute Gasteiger partial charge is 0.435 e. The molecule has 0 aromatic carbocycles. The van der Waals surface area contributed by atoms with Crippen LogP contribution in [0.25, 0.3) is 0 Å². The van der Waals surface area contributed by atoms with Gasteiger partial charge >= 0.3 is 6.18 Å². The Balaban J connectivity index is 1.91. The van der Waals surface area contributed by atoms with Gasteiger partial charge in [-0.05, 0) is 25.3 Å². The van der Waals surface area contributed by atoms with E-state index in [1.54, 1.807) is 7.05 Å². The van der Waals surface area contributed by atoms with E-state index in [-0.39, 0.29) is 18.1 Å². The number of hydrogen-bond donors (Lipinski definition) is 0. The predicted molar refractivity (Wildman–Crippen MR) is 53.5 cm³/mol. The molecule has 2 fully saturated rings. The van der Waals surface area contributed by atoms with Gasteiger partial charge in [-0.2, -0.15) is 18.3 Å². The van der Waals surface area contributed by atoms with Crippen molar-refractivity contribution < 1.29 is 17.9 Å². The van der Waals surface area contributed by atoms with Crippen molar-refractivity contribution in [2.24, 2.45) is 7.05 Å². The van der Waals surface area contributed by atoms with Crippen LogP contribution < -0.4 is 0 Å². The Kier molecular flexibility index (Phi) is 2.26. The summed E-state index contributed by atoms with van der Waals surface area (Å²) in [6.07, 6.45) is -1.26. The van der Waals surface area contributed by atoms with Gasteiger partial charge in [0.15, 0.2) is 5.69 Å². The molecule has 17 heavy (non-hydrogen) atoms. The highest BCUT2D eigenvalue weighted by Gasteiger charge is 2.44. The lowest BCUT2D eigenvalue weighted by atomic mass is 9.87. The van der Waals surface area contributed by atoms with E-state index in [2.05, 4.69) is 5.10 Å². The van der Waals surface area contributed by atoms with Crippen LogP contribution in [0.15, 0.2) is 6.07 Å². The number of aryl methyl sites for hydroxylation is 1. The van der Waals surface area contributed by atoms with Gasteiger partial charge in [0.2, 0.25) is 0 Å². The van der Waals surface area contributed by atoms with Gasteiger partial charge in [0.1, 0.15) is 0 Å². The number of fused-ring (bicyclic) bond motifs is 2. The molecule has 0 aliphatic carbocycles. The lowest BCUT2D eigenvalue weighted by molar-refractivity contribution is -0.141. The molecule has 2 aliphatic heterocycles. The van der Waals surface area contributed by atoms with Gasteiger partial charge in [-0.3, -0.25) is 4.68 Å². The lowest BCUT2D eigenvalue weighted by Gasteiger charge is -2.18. The minimum absolute atomic E-state index is 0.0716. The first-order valence-corrected chi connectivity index (χ1v) is 5.72. The maximum Gasteiger partial charge on any atom is 0.435 e. The van der Waals surface area contributed by atoms with E-state index in [4.69, 9.17) is 4.74 Å². The molecular formula is C11H13F3N2O. The number of aromatic nitrogens is 2. The van der Waals surface area contributed by atoms with Crippen LogP contribution in [0, 0.1) is 0 Å². The highest BCUT2D eigenvalue weighted by Crippen LogP contribution is 2.45. The van der Waals surface area contributed by atoms with Crippen molar-refractivity contribution >= 4 is 0 Å². The summed E-state index contributed by atoms with van der Waals surface area (Å²) in [5.74, 6) is 0.0716. The summed E-state index contributed by atoms with van der Waals surface area (Å²) >= 11 is 0. The molecule has 3 atom stereocenters. The number of hydrogen-bond acceptors (Lipinski definition) is 2. The lowest BCUT2D eigenvalue weighted by Crippen LogP contribution is -2.17. The van der Waals surface area contributed by atoms with E-state index in [1.807, 2.05) is 0 Å². The summed E-state index contributed by atoms with van der Waals surface area (Å²) in [6.45, 7) is 0. The summed E-state index contributed by atoms with van der Waals surface area (Å²) < 4.78 is 44.7. The number of ether oxygens (including phenoxy) is 1. The van der Waals surface area contributed by atoms with Crippen molar-refractivity contribution in [1.29, 1.82) is 0 Å². The molecule has 6 heteroatoms. The molecule has 0 spiro atoms. The van der Waals surface area contributed by atoms with Crippen molar-refractivity contribution in [3.05, 3.63) is 17.5 Å². The molecule has 3 unspecified atom stereocenters. The van der Waals surface area contributed by atoms with E-state index in [9.17, 15) is 13.2 Å². The molecule has 0 saturated carbocycles.